The van der Waals surface area contributed by atoms with E-state index in [9.17, 15) is 14.4 Å². The fourth-order valence-electron chi connectivity index (χ4n) is 3.68. The van der Waals surface area contributed by atoms with Crippen molar-refractivity contribution in [2.45, 2.75) is 12.8 Å². The lowest BCUT2D eigenvalue weighted by Crippen LogP contribution is -2.31. The van der Waals surface area contributed by atoms with Gasteiger partial charge in [0, 0.05) is 18.7 Å². The summed E-state index contributed by atoms with van der Waals surface area (Å²) < 4.78 is 0. The fraction of sp³-hybridized carbons (Fsp3) is 0.130. The minimum absolute atomic E-state index is 0.172. The average molecular weight is 430 g/mol. The molecule has 0 unspecified atom stereocenters. The predicted molar refractivity (Wildman–Crippen MR) is 119 cm³/mol. The van der Waals surface area contributed by atoms with Crippen molar-refractivity contribution in [3.63, 3.8) is 0 Å². The van der Waals surface area contributed by atoms with Gasteiger partial charge < -0.3 is 10.3 Å². The van der Waals surface area contributed by atoms with Gasteiger partial charge in [0.2, 0.25) is 5.91 Å². The van der Waals surface area contributed by atoms with Crippen LogP contribution in [-0.2, 0) is 4.79 Å². The van der Waals surface area contributed by atoms with E-state index in [-0.39, 0.29) is 30.7 Å². The number of nitrogens with zero attached hydrogens (tertiary/aromatic N) is 2. The summed E-state index contributed by atoms with van der Waals surface area (Å²) in [6, 6.07) is 16.3. The number of aromatic amines is 1. The third-order valence-corrected chi connectivity index (χ3v) is 6.06. The number of H-pyrrole nitrogens is 1. The van der Waals surface area contributed by atoms with Gasteiger partial charge in [0.15, 0.2) is 0 Å². The molecule has 31 heavy (non-hydrogen) atoms. The van der Waals surface area contributed by atoms with E-state index in [0.717, 1.165) is 21.7 Å². The Hall–Kier alpha value is -3.78. The molecule has 3 amide bonds. The van der Waals surface area contributed by atoms with E-state index in [2.05, 4.69) is 15.3 Å². The number of benzene rings is 2. The van der Waals surface area contributed by atoms with E-state index < -0.39 is 0 Å². The number of thiophene rings is 1. The molecule has 0 saturated carbocycles. The first-order valence-electron chi connectivity index (χ1n) is 9.89. The second-order valence-electron chi connectivity index (χ2n) is 7.25. The summed E-state index contributed by atoms with van der Waals surface area (Å²) in [6.45, 7) is 0.212. The molecule has 3 heterocycles. The van der Waals surface area contributed by atoms with E-state index in [4.69, 9.17) is 0 Å². The predicted octanol–water partition coefficient (Wildman–Crippen LogP) is 4.31. The number of amides is 3. The molecule has 7 nitrogen and oxygen atoms in total. The molecule has 2 aromatic carbocycles. The Morgan fingerprint density at radius 3 is 2.52 bits per heavy atom. The van der Waals surface area contributed by atoms with Crippen molar-refractivity contribution in [1.29, 1.82) is 0 Å². The number of imidazole rings is 1. The third kappa shape index (κ3) is 3.62. The summed E-state index contributed by atoms with van der Waals surface area (Å²) in [6.07, 6.45) is 0.598. The zero-order valence-electron chi connectivity index (χ0n) is 16.4. The molecule has 0 aliphatic carbocycles. The average Bonchev–Trinajstić information content (AvgIpc) is 3.49. The lowest BCUT2D eigenvalue weighted by Gasteiger charge is -2.13. The van der Waals surface area contributed by atoms with Gasteiger partial charge >= 0.3 is 0 Å². The van der Waals surface area contributed by atoms with Crippen molar-refractivity contribution in [3.8, 4) is 10.7 Å². The number of hydrogen-bond acceptors (Lipinski definition) is 5. The second kappa shape index (κ2) is 7.81. The smallest absolute Gasteiger partial charge is 0.261 e. The minimum Gasteiger partial charge on any atom is -0.337 e. The van der Waals surface area contributed by atoms with Crippen LogP contribution in [0.5, 0.6) is 0 Å². The lowest BCUT2D eigenvalue weighted by atomic mass is 10.1. The maximum atomic E-state index is 12.4. The zero-order valence-corrected chi connectivity index (χ0v) is 17.2. The van der Waals surface area contributed by atoms with Crippen LogP contribution in [0.25, 0.3) is 21.7 Å². The summed E-state index contributed by atoms with van der Waals surface area (Å²) in [5.41, 5.74) is 3.18. The third-order valence-electron chi connectivity index (χ3n) is 5.18. The number of carbonyl (C=O) groups is 3. The molecular formula is C23H18N4O3S. The van der Waals surface area contributed by atoms with E-state index in [0.29, 0.717) is 23.2 Å². The van der Waals surface area contributed by atoms with Crippen LogP contribution in [-0.4, -0.2) is 39.1 Å². The molecule has 0 spiro atoms. The number of fused-ring (bicyclic) bond motifs is 2. The molecule has 1 aliphatic rings. The normalized spacial score (nSPS) is 13.1. The van der Waals surface area contributed by atoms with Crippen LogP contribution in [0.3, 0.4) is 0 Å². The molecule has 1 aliphatic heterocycles. The highest BCUT2D eigenvalue weighted by atomic mass is 32.1. The van der Waals surface area contributed by atoms with Gasteiger partial charge in [-0.15, -0.1) is 11.3 Å². The van der Waals surface area contributed by atoms with Crippen LogP contribution in [0.15, 0.2) is 60.0 Å². The van der Waals surface area contributed by atoms with Crippen molar-refractivity contribution in [3.05, 3.63) is 71.1 Å². The maximum Gasteiger partial charge on any atom is 0.261 e. The fourth-order valence-corrected chi connectivity index (χ4v) is 4.35. The topological polar surface area (TPSA) is 95.2 Å². The molecule has 5 rings (SSSR count). The van der Waals surface area contributed by atoms with Crippen LogP contribution in [0.2, 0.25) is 0 Å². The van der Waals surface area contributed by atoms with E-state index in [1.54, 1.807) is 35.6 Å². The van der Waals surface area contributed by atoms with Gasteiger partial charge in [0.25, 0.3) is 11.8 Å². The Balaban J connectivity index is 1.19. The number of rotatable bonds is 6. The zero-order chi connectivity index (χ0) is 21.4. The summed E-state index contributed by atoms with van der Waals surface area (Å²) in [5.74, 6) is 0.0304. The molecule has 8 heteroatoms. The molecule has 2 N–H and O–H groups in total. The van der Waals surface area contributed by atoms with E-state index in [1.165, 1.54) is 4.90 Å². The molecular weight excluding hydrogens is 412 g/mol. The highest BCUT2D eigenvalue weighted by molar-refractivity contribution is 7.13. The standard InChI is InChI=1S/C23H18N4O3S/c28-20(8-3-11-27-22(29)15-5-1-2-6-16(15)23(27)30)24-14-9-10-17-18(13-14)26-21(25-17)19-7-4-12-31-19/h1-2,4-7,9-10,12-13H,3,8,11H2,(H,24,28)(H,25,26). The molecule has 0 bridgehead atoms. The summed E-state index contributed by atoms with van der Waals surface area (Å²) >= 11 is 1.61. The van der Waals surface area contributed by atoms with Crippen LogP contribution in [0.4, 0.5) is 5.69 Å². The monoisotopic (exact) mass is 430 g/mol. The number of anilines is 1. The molecule has 4 aromatic rings. The van der Waals surface area contributed by atoms with Crippen molar-refractivity contribution in [2.75, 3.05) is 11.9 Å². The Labute approximate surface area is 181 Å². The Bertz CT molecular complexity index is 1270. The molecule has 154 valence electrons. The number of imide groups is 1. The molecule has 0 atom stereocenters. The first-order valence-corrected chi connectivity index (χ1v) is 10.8. The SMILES string of the molecule is O=C(CCCN1C(=O)c2ccccc2C1=O)Nc1ccc2nc(-c3cccs3)[nH]c2c1. The summed E-state index contributed by atoms with van der Waals surface area (Å²) in [4.78, 5) is 47.2. The van der Waals surface area contributed by atoms with E-state index >= 15 is 0 Å². The Morgan fingerprint density at radius 2 is 1.81 bits per heavy atom. The van der Waals surface area contributed by atoms with Gasteiger partial charge in [0.05, 0.1) is 27.0 Å². The highest BCUT2D eigenvalue weighted by Gasteiger charge is 2.34. The van der Waals surface area contributed by atoms with Crippen LogP contribution in [0.1, 0.15) is 33.6 Å². The van der Waals surface area contributed by atoms with Gasteiger partial charge in [-0.2, -0.15) is 0 Å². The maximum absolute atomic E-state index is 12.4. The first kappa shape index (κ1) is 19.2. The number of hydrogen-bond donors (Lipinski definition) is 2. The Kier molecular flexibility index (Phi) is 4.83. The first-order chi connectivity index (χ1) is 15.1. The highest BCUT2D eigenvalue weighted by Crippen LogP contribution is 2.26. The molecule has 2 aromatic heterocycles. The quantitative estimate of drug-likeness (QED) is 0.446. The second-order valence-corrected chi connectivity index (χ2v) is 8.20. The summed E-state index contributed by atoms with van der Waals surface area (Å²) in [7, 11) is 0. The van der Waals surface area contributed by atoms with Crippen LogP contribution >= 0.6 is 11.3 Å². The Morgan fingerprint density at radius 1 is 1.03 bits per heavy atom. The minimum atomic E-state index is -0.299. The van der Waals surface area contributed by atoms with Gasteiger partial charge in [-0.05, 0) is 48.2 Å². The van der Waals surface area contributed by atoms with Crippen LogP contribution in [0, 0.1) is 0 Å². The van der Waals surface area contributed by atoms with Crippen molar-refractivity contribution < 1.29 is 14.4 Å². The largest absolute Gasteiger partial charge is 0.337 e. The van der Waals surface area contributed by atoms with Gasteiger partial charge in [0.1, 0.15) is 5.82 Å². The number of aromatic nitrogens is 2. The molecule has 0 fully saturated rings. The molecule has 0 saturated heterocycles. The lowest BCUT2D eigenvalue weighted by molar-refractivity contribution is -0.116. The summed E-state index contributed by atoms with van der Waals surface area (Å²) in [5, 5.41) is 4.87. The van der Waals surface area contributed by atoms with Gasteiger partial charge in [-0.25, -0.2) is 4.98 Å². The van der Waals surface area contributed by atoms with Gasteiger partial charge in [-0.1, -0.05) is 18.2 Å². The van der Waals surface area contributed by atoms with Crippen molar-refractivity contribution in [2.24, 2.45) is 0 Å². The number of nitrogens with one attached hydrogen (secondary N) is 2. The number of carbonyl (C=O) groups excluding carboxylic acids is 3. The molecule has 0 radical (unpaired) electrons. The van der Waals surface area contributed by atoms with E-state index in [1.807, 2.05) is 35.7 Å². The van der Waals surface area contributed by atoms with Crippen molar-refractivity contribution >= 4 is 45.8 Å². The van der Waals surface area contributed by atoms with Crippen molar-refractivity contribution in [1.82, 2.24) is 14.9 Å². The van der Waals surface area contributed by atoms with Gasteiger partial charge in [-0.3, -0.25) is 19.3 Å². The van der Waals surface area contributed by atoms with Crippen LogP contribution < -0.4 is 5.32 Å².